The first-order chi connectivity index (χ1) is 12.8. The Kier molecular flexibility index (Phi) is 5.97. The molecule has 2 aromatic rings. The van der Waals surface area contributed by atoms with E-state index in [4.69, 9.17) is 0 Å². The van der Waals surface area contributed by atoms with Gasteiger partial charge in [-0.25, -0.2) is 0 Å². The molecule has 1 saturated heterocycles. The molecule has 1 aromatic carbocycles. The molecule has 1 aromatic heterocycles. The minimum Gasteiger partial charge on any atom is -0.342 e. The van der Waals surface area contributed by atoms with E-state index in [1.54, 1.807) is 11.1 Å². The van der Waals surface area contributed by atoms with E-state index in [-0.39, 0.29) is 11.4 Å². The van der Waals surface area contributed by atoms with Crippen molar-refractivity contribution < 1.29 is 4.79 Å². The van der Waals surface area contributed by atoms with Crippen LogP contribution in [-0.4, -0.2) is 40.2 Å². The van der Waals surface area contributed by atoms with Crippen LogP contribution in [-0.2, 0) is 5.54 Å². The Morgan fingerprint density at radius 3 is 2.67 bits per heavy atom. The van der Waals surface area contributed by atoms with Crippen LogP contribution in [0.2, 0.25) is 0 Å². The first-order valence-electron chi connectivity index (χ1n) is 9.71. The zero-order chi connectivity index (χ0) is 19.4. The number of hydrogen-bond acceptors (Lipinski definition) is 4. The molecule has 1 aliphatic rings. The van der Waals surface area contributed by atoms with Gasteiger partial charge in [0.05, 0.1) is 17.3 Å². The van der Waals surface area contributed by atoms with Crippen LogP contribution in [0.1, 0.15) is 62.0 Å². The SMILES string of the molecule is CN(CCCC1CC(c2ccccc2)NN1)C(=O)c1cnn(C(C)(C)C)c1. The number of carbonyl (C=O) groups is 1. The number of amides is 1. The first kappa shape index (κ1) is 19.6. The summed E-state index contributed by atoms with van der Waals surface area (Å²) in [7, 11) is 1.86. The molecule has 146 valence electrons. The van der Waals surface area contributed by atoms with Gasteiger partial charge in [-0.15, -0.1) is 0 Å². The van der Waals surface area contributed by atoms with Gasteiger partial charge in [0.15, 0.2) is 0 Å². The maximum Gasteiger partial charge on any atom is 0.256 e. The van der Waals surface area contributed by atoms with Gasteiger partial charge in [-0.1, -0.05) is 30.3 Å². The van der Waals surface area contributed by atoms with Crippen molar-refractivity contribution in [3.8, 4) is 0 Å². The summed E-state index contributed by atoms with van der Waals surface area (Å²) in [5, 5.41) is 4.32. The van der Waals surface area contributed by atoms with E-state index in [0.717, 1.165) is 25.8 Å². The normalized spacial score (nSPS) is 20.0. The lowest BCUT2D eigenvalue weighted by molar-refractivity contribution is 0.0791. The summed E-state index contributed by atoms with van der Waals surface area (Å²) in [5.74, 6) is 0.0326. The summed E-state index contributed by atoms with van der Waals surface area (Å²) < 4.78 is 1.84. The fourth-order valence-corrected chi connectivity index (χ4v) is 3.41. The van der Waals surface area contributed by atoms with Gasteiger partial charge in [-0.05, 0) is 45.6 Å². The fraction of sp³-hybridized carbons (Fsp3) is 0.524. The Labute approximate surface area is 161 Å². The van der Waals surface area contributed by atoms with E-state index in [1.807, 2.05) is 24.0 Å². The standard InChI is InChI=1S/C21H31N5O/c1-21(2,3)26-15-17(14-22-26)20(27)25(4)12-8-11-18-13-19(24-23-18)16-9-6-5-7-10-16/h5-7,9-10,14-15,18-19,23-24H,8,11-13H2,1-4H3. The number of nitrogens with zero attached hydrogens (tertiary/aromatic N) is 3. The highest BCUT2D eigenvalue weighted by Crippen LogP contribution is 2.24. The third-order valence-corrected chi connectivity index (χ3v) is 5.09. The summed E-state index contributed by atoms with van der Waals surface area (Å²) in [5.41, 5.74) is 8.63. The van der Waals surface area contributed by atoms with Crippen LogP contribution in [0.15, 0.2) is 42.7 Å². The number of benzene rings is 1. The second kappa shape index (κ2) is 8.23. The zero-order valence-electron chi connectivity index (χ0n) is 16.8. The van der Waals surface area contributed by atoms with Crippen molar-refractivity contribution >= 4 is 5.91 Å². The number of hydrazine groups is 1. The fourth-order valence-electron chi connectivity index (χ4n) is 3.41. The van der Waals surface area contributed by atoms with Gasteiger partial charge in [-0.3, -0.25) is 20.3 Å². The average Bonchev–Trinajstić information content (AvgIpc) is 3.31. The molecule has 0 spiro atoms. The van der Waals surface area contributed by atoms with E-state index in [1.165, 1.54) is 5.56 Å². The lowest BCUT2D eigenvalue weighted by Crippen LogP contribution is -2.32. The third kappa shape index (κ3) is 4.96. The van der Waals surface area contributed by atoms with Crippen LogP contribution >= 0.6 is 0 Å². The highest BCUT2D eigenvalue weighted by molar-refractivity contribution is 5.93. The summed E-state index contributed by atoms with van der Waals surface area (Å²) in [6.07, 6.45) is 6.58. The molecule has 1 fully saturated rings. The van der Waals surface area contributed by atoms with Crippen LogP contribution in [0.4, 0.5) is 0 Å². The van der Waals surface area contributed by atoms with Crippen LogP contribution in [0.25, 0.3) is 0 Å². The molecule has 2 heterocycles. The van der Waals surface area contributed by atoms with Crippen LogP contribution in [0, 0.1) is 0 Å². The zero-order valence-corrected chi connectivity index (χ0v) is 16.8. The molecule has 6 heteroatoms. The topological polar surface area (TPSA) is 62.2 Å². The van der Waals surface area contributed by atoms with Crippen LogP contribution < -0.4 is 10.9 Å². The minimum absolute atomic E-state index is 0.0326. The lowest BCUT2D eigenvalue weighted by Gasteiger charge is -2.19. The molecule has 1 amide bonds. The quantitative estimate of drug-likeness (QED) is 0.821. The smallest absolute Gasteiger partial charge is 0.256 e. The summed E-state index contributed by atoms with van der Waals surface area (Å²) in [4.78, 5) is 14.4. The highest BCUT2D eigenvalue weighted by Gasteiger charge is 2.25. The molecule has 3 rings (SSSR count). The van der Waals surface area contributed by atoms with Gasteiger partial charge in [0.25, 0.3) is 5.91 Å². The largest absolute Gasteiger partial charge is 0.342 e. The number of hydrogen-bond donors (Lipinski definition) is 2. The molecule has 1 aliphatic heterocycles. The van der Waals surface area contributed by atoms with Crippen molar-refractivity contribution in [2.24, 2.45) is 0 Å². The number of aromatic nitrogens is 2. The first-order valence-corrected chi connectivity index (χ1v) is 9.71. The molecule has 2 unspecified atom stereocenters. The highest BCUT2D eigenvalue weighted by atomic mass is 16.2. The Balaban J connectivity index is 1.44. The van der Waals surface area contributed by atoms with E-state index >= 15 is 0 Å². The molecule has 0 bridgehead atoms. The van der Waals surface area contributed by atoms with E-state index in [2.05, 4.69) is 61.0 Å². The van der Waals surface area contributed by atoms with Gasteiger partial charge in [0.2, 0.25) is 0 Å². The Bertz CT molecular complexity index is 749. The Morgan fingerprint density at radius 2 is 2.00 bits per heavy atom. The van der Waals surface area contributed by atoms with Crippen LogP contribution in [0.5, 0.6) is 0 Å². The average molecular weight is 370 g/mol. The van der Waals surface area contributed by atoms with E-state index < -0.39 is 0 Å². The van der Waals surface area contributed by atoms with E-state index in [9.17, 15) is 4.79 Å². The number of carbonyl (C=O) groups excluding carboxylic acids is 1. The predicted octanol–water partition coefficient (Wildman–Crippen LogP) is 3.10. The molecule has 2 N–H and O–H groups in total. The molecule has 2 atom stereocenters. The molecular formula is C21H31N5O. The molecule has 0 aliphatic carbocycles. The van der Waals surface area contributed by atoms with Crippen molar-refractivity contribution in [3.05, 3.63) is 53.9 Å². The van der Waals surface area contributed by atoms with Crippen molar-refractivity contribution in [1.29, 1.82) is 0 Å². The van der Waals surface area contributed by atoms with Gasteiger partial charge >= 0.3 is 0 Å². The maximum atomic E-state index is 12.6. The third-order valence-electron chi connectivity index (χ3n) is 5.09. The van der Waals surface area contributed by atoms with Crippen molar-refractivity contribution in [1.82, 2.24) is 25.5 Å². The van der Waals surface area contributed by atoms with Crippen molar-refractivity contribution in [2.45, 2.75) is 57.7 Å². The molecule has 0 radical (unpaired) electrons. The number of nitrogens with one attached hydrogen (secondary N) is 2. The second-order valence-electron chi connectivity index (χ2n) is 8.40. The molecule has 0 saturated carbocycles. The van der Waals surface area contributed by atoms with Gasteiger partial charge in [0, 0.05) is 31.9 Å². The van der Waals surface area contributed by atoms with Gasteiger partial charge in [-0.2, -0.15) is 5.10 Å². The van der Waals surface area contributed by atoms with Gasteiger partial charge in [0.1, 0.15) is 0 Å². The van der Waals surface area contributed by atoms with E-state index in [0.29, 0.717) is 17.6 Å². The van der Waals surface area contributed by atoms with Crippen molar-refractivity contribution in [3.63, 3.8) is 0 Å². The predicted molar refractivity (Wildman–Crippen MR) is 107 cm³/mol. The minimum atomic E-state index is -0.118. The van der Waals surface area contributed by atoms with Gasteiger partial charge < -0.3 is 4.90 Å². The number of rotatable bonds is 6. The molecular weight excluding hydrogens is 338 g/mol. The Morgan fingerprint density at radius 1 is 1.26 bits per heavy atom. The lowest BCUT2D eigenvalue weighted by atomic mass is 10.00. The summed E-state index contributed by atoms with van der Waals surface area (Å²) >= 11 is 0. The second-order valence-corrected chi connectivity index (χ2v) is 8.40. The molecule has 6 nitrogen and oxygen atoms in total. The monoisotopic (exact) mass is 369 g/mol. The van der Waals surface area contributed by atoms with Crippen LogP contribution in [0.3, 0.4) is 0 Å². The maximum absolute atomic E-state index is 12.6. The summed E-state index contributed by atoms with van der Waals surface area (Å²) in [6.45, 7) is 6.96. The van der Waals surface area contributed by atoms with Crippen molar-refractivity contribution in [2.75, 3.05) is 13.6 Å². The summed E-state index contributed by atoms with van der Waals surface area (Å²) in [6, 6.07) is 11.3. The Hall–Kier alpha value is -2.18. The molecule has 27 heavy (non-hydrogen) atoms.